The number of aromatic nitrogens is 2. The lowest BCUT2D eigenvalue weighted by Gasteiger charge is -2.21. The number of nitrogens with one attached hydrogen (secondary N) is 1. The Labute approximate surface area is 135 Å². The molecule has 0 bridgehead atoms. The number of likely N-dealkylation sites (tertiary alicyclic amines) is 1. The van der Waals surface area contributed by atoms with Crippen LogP contribution in [-0.2, 0) is 11.2 Å². The van der Waals surface area contributed by atoms with Gasteiger partial charge in [0.25, 0.3) is 0 Å². The summed E-state index contributed by atoms with van der Waals surface area (Å²) in [5, 5.41) is 6.98. The van der Waals surface area contributed by atoms with E-state index in [1.54, 1.807) is 6.92 Å². The Balaban J connectivity index is 1.62. The molecule has 1 amide bonds. The van der Waals surface area contributed by atoms with E-state index in [1.807, 2.05) is 18.2 Å². The summed E-state index contributed by atoms with van der Waals surface area (Å²) in [6, 6.07) is 8.03. The molecule has 122 valence electrons. The van der Waals surface area contributed by atoms with Gasteiger partial charge in [0.2, 0.25) is 11.8 Å². The van der Waals surface area contributed by atoms with Gasteiger partial charge in [0, 0.05) is 12.6 Å². The quantitative estimate of drug-likeness (QED) is 0.919. The number of anilines is 1. The monoisotopic (exact) mass is 314 g/mol. The van der Waals surface area contributed by atoms with Crippen molar-refractivity contribution in [3.05, 3.63) is 41.5 Å². The van der Waals surface area contributed by atoms with Gasteiger partial charge in [-0.15, -0.1) is 0 Å². The summed E-state index contributed by atoms with van der Waals surface area (Å²) >= 11 is 0. The maximum atomic E-state index is 12.3. The van der Waals surface area contributed by atoms with Crippen molar-refractivity contribution in [2.75, 3.05) is 18.4 Å². The Morgan fingerprint density at radius 2 is 2.35 bits per heavy atom. The molecular weight excluding hydrogens is 292 g/mol. The molecule has 1 N–H and O–H groups in total. The van der Waals surface area contributed by atoms with Crippen LogP contribution < -0.4 is 5.32 Å². The van der Waals surface area contributed by atoms with Crippen LogP contribution in [0.3, 0.4) is 0 Å². The first-order valence-corrected chi connectivity index (χ1v) is 8.08. The predicted molar refractivity (Wildman–Crippen MR) is 87.0 cm³/mol. The third-order valence-electron chi connectivity index (χ3n) is 4.17. The number of nitrogens with zero attached hydrogens (tertiary/aromatic N) is 3. The number of benzene rings is 1. The zero-order valence-electron chi connectivity index (χ0n) is 13.6. The third kappa shape index (κ3) is 3.76. The minimum absolute atomic E-state index is 0.00892. The van der Waals surface area contributed by atoms with Crippen LogP contribution in [0.4, 0.5) is 5.69 Å². The zero-order valence-corrected chi connectivity index (χ0v) is 13.6. The summed E-state index contributed by atoms with van der Waals surface area (Å²) in [4.78, 5) is 18.8. The molecule has 6 heteroatoms. The van der Waals surface area contributed by atoms with Crippen molar-refractivity contribution < 1.29 is 9.32 Å². The van der Waals surface area contributed by atoms with Crippen LogP contribution in [0, 0.1) is 6.92 Å². The summed E-state index contributed by atoms with van der Waals surface area (Å²) in [5.74, 6) is 1.24. The smallest absolute Gasteiger partial charge is 0.238 e. The highest BCUT2D eigenvalue weighted by atomic mass is 16.5. The summed E-state index contributed by atoms with van der Waals surface area (Å²) < 4.78 is 5.06. The topological polar surface area (TPSA) is 71.3 Å². The third-order valence-corrected chi connectivity index (χ3v) is 4.17. The predicted octanol–water partition coefficient (Wildman–Crippen LogP) is 2.72. The number of carbonyl (C=O) groups is 1. The summed E-state index contributed by atoms with van der Waals surface area (Å²) in [7, 11) is 0. The van der Waals surface area contributed by atoms with Crippen LogP contribution in [-0.4, -0.2) is 34.0 Å². The van der Waals surface area contributed by atoms with Crippen LogP contribution in [0.25, 0.3) is 0 Å². The number of amides is 1. The first kappa shape index (κ1) is 15.7. The van der Waals surface area contributed by atoms with Gasteiger partial charge in [-0.2, -0.15) is 4.98 Å². The molecule has 1 aromatic carbocycles. The summed E-state index contributed by atoms with van der Waals surface area (Å²) in [6.07, 6.45) is 2.95. The molecule has 0 saturated carbocycles. The zero-order chi connectivity index (χ0) is 16.2. The van der Waals surface area contributed by atoms with Crippen LogP contribution in [0.15, 0.2) is 28.8 Å². The maximum absolute atomic E-state index is 12.3. The van der Waals surface area contributed by atoms with Crippen molar-refractivity contribution in [2.45, 2.75) is 39.2 Å². The molecule has 0 aliphatic carbocycles. The number of rotatable bonds is 5. The van der Waals surface area contributed by atoms with Crippen LogP contribution in [0.1, 0.15) is 43.1 Å². The number of carbonyl (C=O) groups excluding carboxylic acids is 1. The second-order valence-electron chi connectivity index (χ2n) is 5.90. The van der Waals surface area contributed by atoms with Gasteiger partial charge in [0.15, 0.2) is 5.82 Å². The van der Waals surface area contributed by atoms with Crippen molar-refractivity contribution in [1.82, 2.24) is 15.0 Å². The Kier molecular flexibility index (Phi) is 4.71. The molecule has 1 aliphatic heterocycles. The van der Waals surface area contributed by atoms with E-state index in [4.69, 9.17) is 4.52 Å². The fourth-order valence-corrected chi connectivity index (χ4v) is 3.01. The highest BCUT2D eigenvalue weighted by molar-refractivity contribution is 5.92. The fourth-order valence-electron chi connectivity index (χ4n) is 3.01. The Morgan fingerprint density at radius 1 is 1.48 bits per heavy atom. The molecule has 1 fully saturated rings. The van der Waals surface area contributed by atoms with Gasteiger partial charge in [-0.25, -0.2) is 0 Å². The van der Waals surface area contributed by atoms with Crippen molar-refractivity contribution >= 4 is 11.6 Å². The lowest BCUT2D eigenvalue weighted by atomic mass is 10.1. The van der Waals surface area contributed by atoms with Crippen LogP contribution in [0.2, 0.25) is 0 Å². The number of aryl methyl sites for hydroxylation is 2. The number of hydrogen-bond donors (Lipinski definition) is 1. The molecule has 1 aromatic heterocycles. The van der Waals surface area contributed by atoms with E-state index in [1.165, 1.54) is 5.56 Å². The first-order chi connectivity index (χ1) is 11.2. The van der Waals surface area contributed by atoms with Crippen molar-refractivity contribution in [2.24, 2.45) is 0 Å². The molecule has 6 nitrogen and oxygen atoms in total. The lowest BCUT2D eigenvalue weighted by molar-refractivity contribution is -0.117. The Morgan fingerprint density at radius 3 is 3.09 bits per heavy atom. The molecule has 1 atom stereocenters. The highest BCUT2D eigenvalue weighted by Crippen LogP contribution is 2.29. The average molecular weight is 314 g/mol. The van der Waals surface area contributed by atoms with Gasteiger partial charge in [-0.05, 0) is 43.5 Å². The normalized spacial score (nSPS) is 18.3. The van der Waals surface area contributed by atoms with E-state index in [9.17, 15) is 4.79 Å². The van der Waals surface area contributed by atoms with Crippen LogP contribution >= 0.6 is 0 Å². The van der Waals surface area contributed by atoms with Crippen molar-refractivity contribution in [1.29, 1.82) is 0 Å². The molecular formula is C17H22N4O2. The highest BCUT2D eigenvalue weighted by Gasteiger charge is 2.30. The minimum Gasteiger partial charge on any atom is -0.340 e. The van der Waals surface area contributed by atoms with Gasteiger partial charge in [-0.3, -0.25) is 9.69 Å². The molecule has 0 unspecified atom stereocenters. The molecule has 1 aliphatic rings. The van der Waals surface area contributed by atoms with E-state index in [0.29, 0.717) is 18.3 Å². The SMILES string of the molecule is CCc1cccc(NC(=O)CN2CCC[C@@H]2c2noc(C)n2)c1. The van der Waals surface area contributed by atoms with Gasteiger partial charge >= 0.3 is 0 Å². The molecule has 0 spiro atoms. The fraction of sp³-hybridized carbons (Fsp3) is 0.471. The van der Waals surface area contributed by atoms with Crippen molar-refractivity contribution in [3.63, 3.8) is 0 Å². The maximum Gasteiger partial charge on any atom is 0.238 e. The molecule has 23 heavy (non-hydrogen) atoms. The minimum atomic E-state index is -0.00892. The largest absolute Gasteiger partial charge is 0.340 e. The Bertz CT molecular complexity index is 683. The van der Waals surface area contributed by atoms with E-state index in [0.717, 1.165) is 31.5 Å². The average Bonchev–Trinajstić information content (AvgIpc) is 3.16. The summed E-state index contributed by atoms with van der Waals surface area (Å²) in [5.41, 5.74) is 2.06. The van der Waals surface area contributed by atoms with Crippen LogP contribution in [0.5, 0.6) is 0 Å². The molecule has 2 aromatic rings. The van der Waals surface area contributed by atoms with Gasteiger partial charge < -0.3 is 9.84 Å². The molecule has 3 rings (SSSR count). The number of hydrogen-bond acceptors (Lipinski definition) is 5. The Hall–Kier alpha value is -2.21. The van der Waals surface area contributed by atoms with Gasteiger partial charge in [-0.1, -0.05) is 24.2 Å². The molecule has 2 heterocycles. The van der Waals surface area contributed by atoms with Gasteiger partial charge in [0.1, 0.15) is 0 Å². The standard InChI is InChI=1S/C17H22N4O2/c1-3-13-6-4-7-14(10-13)19-16(22)11-21-9-5-8-15(21)17-18-12(2)23-20-17/h4,6-7,10,15H,3,5,8-9,11H2,1-2H3,(H,19,22)/t15-/m1/s1. The molecule has 1 saturated heterocycles. The lowest BCUT2D eigenvalue weighted by Crippen LogP contribution is -2.33. The van der Waals surface area contributed by atoms with E-state index < -0.39 is 0 Å². The summed E-state index contributed by atoms with van der Waals surface area (Å²) in [6.45, 7) is 5.10. The second-order valence-corrected chi connectivity index (χ2v) is 5.90. The second kappa shape index (κ2) is 6.91. The van der Waals surface area contributed by atoms with E-state index in [-0.39, 0.29) is 11.9 Å². The first-order valence-electron chi connectivity index (χ1n) is 8.08. The van der Waals surface area contributed by atoms with E-state index in [2.05, 4.69) is 33.3 Å². The van der Waals surface area contributed by atoms with E-state index >= 15 is 0 Å². The van der Waals surface area contributed by atoms with Crippen molar-refractivity contribution in [3.8, 4) is 0 Å². The molecule has 0 radical (unpaired) electrons. The van der Waals surface area contributed by atoms with Gasteiger partial charge in [0.05, 0.1) is 12.6 Å².